The fraction of sp³-hybridized carbons (Fsp3) is 0.200. The van der Waals surface area contributed by atoms with Gasteiger partial charge in [0.25, 0.3) is 5.56 Å². The van der Waals surface area contributed by atoms with Crippen molar-refractivity contribution in [3.63, 3.8) is 0 Å². The van der Waals surface area contributed by atoms with E-state index in [-0.39, 0.29) is 30.1 Å². The van der Waals surface area contributed by atoms with Crippen LogP contribution in [-0.2, 0) is 9.53 Å². The maximum Gasteiger partial charge on any atom is 0.338 e. The Balaban J connectivity index is 1.71. The van der Waals surface area contributed by atoms with Crippen LogP contribution in [0.5, 0.6) is 11.5 Å². The van der Waals surface area contributed by atoms with E-state index in [4.69, 9.17) is 14.2 Å². The van der Waals surface area contributed by atoms with Crippen LogP contribution in [0.25, 0.3) is 6.08 Å². The first-order chi connectivity index (χ1) is 16.9. The third-order valence-corrected chi connectivity index (χ3v) is 6.64. The van der Waals surface area contributed by atoms with Crippen molar-refractivity contribution in [2.24, 2.45) is 4.99 Å². The number of carbonyl (C=O) groups excluding carboxylic acids is 1. The van der Waals surface area contributed by atoms with Gasteiger partial charge in [-0.3, -0.25) is 9.36 Å². The minimum Gasteiger partial charge on any atom is -0.478 e. The number of fused-ring (bicyclic) bond motifs is 2. The van der Waals surface area contributed by atoms with E-state index in [0.717, 1.165) is 11.3 Å². The van der Waals surface area contributed by atoms with E-state index in [0.29, 0.717) is 37.7 Å². The Morgan fingerprint density at radius 2 is 2.03 bits per heavy atom. The first kappa shape index (κ1) is 22.6. The zero-order valence-corrected chi connectivity index (χ0v) is 19.6. The molecule has 2 aliphatic heterocycles. The predicted molar refractivity (Wildman–Crippen MR) is 126 cm³/mol. The fourth-order valence-electron chi connectivity index (χ4n) is 4.10. The summed E-state index contributed by atoms with van der Waals surface area (Å²) in [7, 11) is 0. The van der Waals surface area contributed by atoms with Crippen LogP contribution in [0.3, 0.4) is 0 Å². The maximum absolute atomic E-state index is 13.6. The highest BCUT2D eigenvalue weighted by Crippen LogP contribution is 2.38. The van der Waals surface area contributed by atoms with E-state index < -0.39 is 18.0 Å². The topological polar surface area (TPSA) is 116 Å². The molecule has 5 rings (SSSR count). The van der Waals surface area contributed by atoms with E-state index in [1.54, 1.807) is 50.3 Å². The third-order valence-electron chi connectivity index (χ3n) is 5.66. The molecular weight excluding hydrogens is 472 g/mol. The lowest BCUT2D eigenvalue weighted by Gasteiger charge is -2.24. The number of nitrogens with zero attached hydrogens (tertiary/aromatic N) is 2. The molecule has 0 radical (unpaired) electrons. The molecule has 1 atom stereocenters. The summed E-state index contributed by atoms with van der Waals surface area (Å²) in [6, 6.07) is 10.8. The van der Waals surface area contributed by atoms with Crippen molar-refractivity contribution in [3.8, 4) is 11.5 Å². The van der Waals surface area contributed by atoms with Gasteiger partial charge in [0.2, 0.25) is 6.79 Å². The average molecular weight is 493 g/mol. The smallest absolute Gasteiger partial charge is 0.338 e. The second-order valence-electron chi connectivity index (χ2n) is 7.85. The molecule has 0 amide bonds. The van der Waals surface area contributed by atoms with Gasteiger partial charge in [-0.2, -0.15) is 0 Å². The Morgan fingerprint density at radius 3 is 2.80 bits per heavy atom. The van der Waals surface area contributed by atoms with Gasteiger partial charge in [-0.15, -0.1) is 0 Å². The second-order valence-corrected chi connectivity index (χ2v) is 8.85. The van der Waals surface area contributed by atoms with Gasteiger partial charge in [0.1, 0.15) is 0 Å². The predicted octanol–water partition coefficient (Wildman–Crippen LogP) is 2.23. The largest absolute Gasteiger partial charge is 0.478 e. The van der Waals surface area contributed by atoms with E-state index in [1.165, 1.54) is 16.7 Å². The molecule has 35 heavy (non-hydrogen) atoms. The summed E-state index contributed by atoms with van der Waals surface area (Å²) in [5.74, 6) is -0.509. The molecule has 0 saturated heterocycles. The molecule has 0 saturated carbocycles. The number of carbonyl (C=O) groups is 2. The number of thiazole rings is 1. The lowest BCUT2D eigenvalue weighted by molar-refractivity contribution is -0.139. The number of carboxylic acids is 1. The monoisotopic (exact) mass is 492 g/mol. The number of hydrogen-bond donors (Lipinski definition) is 1. The summed E-state index contributed by atoms with van der Waals surface area (Å²) in [5.41, 5.74) is 1.68. The molecule has 1 N–H and O–H groups in total. The van der Waals surface area contributed by atoms with Gasteiger partial charge in [-0.05, 0) is 55.3 Å². The van der Waals surface area contributed by atoms with Crippen molar-refractivity contribution in [2.75, 3.05) is 13.4 Å². The molecule has 2 aromatic carbocycles. The molecule has 2 aliphatic rings. The highest BCUT2D eigenvalue weighted by Gasteiger charge is 2.34. The molecule has 1 aromatic heterocycles. The zero-order chi connectivity index (χ0) is 24.7. The second kappa shape index (κ2) is 8.88. The Bertz CT molecular complexity index is 1580. The molecule has 10 heteroatoms. The maximum atomic E-state index is 13.6. The molecule has 3 heterocycles. The Morgan fingerprint density at radius 1 is 1.23 bits per heavy atom. The van der Waals surface area contributed by atoms with Gasteiger partial charge in [-0.1, -0.05) is 29.5 Å². The minimum atomic E-state index is -1.06. The summed E-state index contributed by atoms with van der Waals surface area (Å²) in [5, 5.41) is 9.28. The lowest BCUT2D eigenvalue weighted by Crippen LogP contribution is -2.39. The molecule has 0 aliphatic carbocycles. The van der Waals surface area contributed by atoms with E-state index in [9.17, 15) is 19.5 Å². The van der Waals surface area contributed by atoms with Crippen LogP contribution in [0, 0.1) is 0 Å². The van der Waals surface area contributed by atoms with Crippen LogP contribution in [0.4, 0.5) is 0 Å². The average Bonchev–Trinajstić information content (AvgIpc) is 3.42. The molecule has 0 fully saturated rings. The van der Waals surface area contributed by atoms with Gasteiger partial charge in [0.15, 0.2) is 16.3 Å². The summed E-state index contributed by atoms with van der Waals surface area (Å²) in [6.45, 7) is 3.69. The number of carboxylic acid groups (broad SMARTS) is 1. The molecule has 9 nitrogen and oxygen atoms in total. The van der Waals surface area contributed by atoms with Crippen LogP contribution in [0.1, 0.15) is 41.4 Å². The molecule has 1 unspecified atom stereocenters. The summed E-state index contributed by atoms with van der Waals surface area (Å²) < 4.78 is 18.0. The number of rotatable bonds is 5. The van der Waals surface area contributed by atoms with Crippen molar-refractivity contribution in [1.82, 2.24) is 4.57 Å². The normalized spacial score (nSPS) is 16.6. The highest BCUT2D eigenvalue weighted by atomic mass is 32.1. The standard InChI is InChI=1S/C25H20N2O7S/c1-3-32-24(31)20-13(2)26-25-27(21(20)15-7-8-17-18(11-15)34-12-33-17)22(28)19(35-25)10-14-5-4-6-16(9-14)23(29)30/h4-11,21H,3,12H2,1-2H3,(H,29,30). The first-order valence-corrected chi connectivity index (χ1v) is 11.6. The van der Waals surface area contributed by atoms with Gasteiger partial charge < -0.3 is 19.3 Å². The highest BCUT2D eigenvalue weighted by molar-refractivity contribution is 7.07. The van der Waals surface area contributed by atoms with Crippen LogP contribution in [-0.4, -0.2) is 35.0 Å². The number of aromatic nitrogens is 1. The molecule has 0 spiro atoms. The number of allylic oxidation sites excluding steroid dienone is 1. The molecule has 0 bridgehead atoms. The van der Waals surface area contributed by atoms with Gasteiger partial charge in [-0.25, -0.2) is 14.6 Å². The fourth-order valence-corrected chi connectivity index (χ4v) is 5.15. The van der Waals surface area contributed by atoms with Crippen LogP contribution in [0.15, 0.2) is 63.5 Å². The Kier molecular flexibility index (Phi) is 5.73. The van der Waals surface area contributed by atoms with Crippen LogP contribution >= 0.6 is 11.3 Å². The van der Waals surface area contributed by atoms with Crippen molar-refractivity contribution < 1.29 is 28.9 Å². The van der Waals surface area contributed by atoms with Gasteiger partial charge in [0, 0.05) is 0 Å². The van der Waals surface area contributed by atoms with Gasteiger partial charge in [0.05, 0.1) is 34.0 Å². The minimum absolute atomic E-state index is 0.0938. The van der Waals surface area contributed by atoms with Crippen LogP contribution in [0.2, 0.25) is 0 Å². The number of esters is 1. The zero-order valence-electron chi connectivity index (χ0n) is 18.8. The number of aromatic carboxylic acids is 1. The summed E-state index contributed by atoms with van der Waals surface area (Å²) in [4.78, 5) is 42.9. The SMILES string of the molecule is CCOC(=O)C1=C(C)N=c2sc(=Cc3cccc(C(=O)O)c3)c(=O)n2C1c1ccc2c(c1)OCO2. The van der Waals surface area contributed by atoms with E-state index >= 15 is 0 Å². The lowest BCUT2D eigenvalue weighted by atomic mass is 9.95. The summed E-state index contributed by atoms with van der Waals surface area (Å²) >= 11 is 1.16. The number of hydrogen-bond acceptors (Lipinski definition) is 8. The van der Waals surface area contributed by atoms with Gasteiger partial charge >= 0.3 is 11.9 Å². The van der Waals surface area contributed by atoms with E-state index in [1.807, 2.05) is 0 Å². The molecule has 3 aromatic rings. The first-order valence-electron chi connectivity index (χ1n) is 10.8. The van der Waals surface area contributed by atoms with Crippen molar-refractivity contribution in [1.29, 1.82) is 0 Å². The summed E-state index contributed by atoms with van der Waals surface area (Å²) in [6.07, 6.45) is 1.62. The third kappa shape index (κ3) is 4.01. The van der Waals surface area contributed by atoms with Crippen molar-refractivity contribution >= 4 is 29.4 Å². The number of ether oxygens (including phenoxy) is 3. The molecular formula is C25H20N2O7S. The van der Waals surface area contributed by atoms with E-state index in [2.05, 4.69) is 4.99 Å². The number of benzene rings is 2. The quantitative estimate of drug-likeness (QED) is 0.543. The molecule has 178 valence electrons. The van der Waals surface area contributed by atoms with Crippen LogP contribution < -0.4 is 24.4 Å². The Labute approximate surface area is 202 Å². The van der Waals surface area contributed by atoms with Crippen molar-refractivity contribution in [2.45, 2.75) is 19.9 Å². The van der Waals surface area contributed by atoms with Crippen molar-refractivity contribution in [3.05, 3.63) is 90.1 Å². The Hall–Kier alpha value is -4.18.